The number of amides is 1. The van der Waals surface area contributed by atoms with Crippen LogP contribution in [-0.2, 0) is 4.79 Å². The van der Waals surface area contributed by atoms with E-state index in [1.807, 2.05) is 38.2 Å². The summed E-state index contributed by atoms with van der Waals surface area (Å²) in [5.41, 5.74) is 3.26. The molecule has 1 unspecified atom stereocenters. The number of aryl methyl sites for hydroxylation is 1. The van der Waals surface area contributed by atoms with E-state index in [4.69, 9.17) is 0 Å². The Balaban J connectivity index is 1.60. The molecular formula is C20H22N4OS. The molecule has 1 amide bonds. The molecule has 0 radical (unpaired) electrons. The second kappa shape index (κ2) is 8.19. The maximum absolute atomic E-state index is 12.5. The highest BCUT2D eigenvalue weighted by Gasteiger charge is 2.17. The van der Waals surface area contributed by atoms with Gasteiger partial charge in [0.05, 0.1) is 17.5 Å². The first kappa shape index (κ1) is 18.2. The van der Waals surface area contributed by atoms with Crippen molar-refractivity contribution in [2.45, 2.75) is 24.8 Å². The smallest absolute Gasteiger partial charge is 0.233 e. The lowest BCUT2D eigenvalue weighted by Crippen LogP contribution is -2.31. The lowest BCUT2D eigenvalue weighted by Gasteiger charge is -2.25. The van der Waals surface area contributed by atoms with Crippen molar-refractivity contribution in [3.63, 3.8) is 0 Å². The Hall–Kier alpha value is -2.60. The van der Waals surface area contributed by atoms with E-state index in [-0.39, 0.29) is 11.9 Å². The number of carbonyl (C=O) groups is 1. The molecule has 0 aliphatic heterocycles. The van der Waals surface area contributed by atoms with E-state index in [1.165, 1.54) is 11.9 Å². The third-order valence-corrected chi connectivity index (χ3v) is 5.41. The summed E-state index contributed by atoms with van der Waals surface area (Å²) in [5.74, 6) is 0.546. The Morgan fingerprint density at radius 3 is 2.46 bits per heavy atom. The Bertz CT molecular complexity index is 845. The topological polar surface area (TPSA) is 51.0 Å². The van der Waals surface area contributed by atoms with Gasteiger partial charge in [-0.15, -0.1) is 11.8 Å². The van der Waals surface area contributed by atoms with Gasteiger partial charge in [-0.2, -0.15) is 5.10 Å². The quantitative estimate of drug-likeness (QED) is 0.621. The third-order valence-electron chi connectivity index (χ3n) is 4.42. The van der Waals surface area contributed by atoms with Crippen molar-refractivity contribution in [3.8, 4) is 5.69 Å². The first-order valence-electron chi connectivity index (χ1n) is 8.44. The summed E-state index contributed by atoms with van der Waals surface area (Å²) < 4.78 is 1.71. The highest BCUT2D eigenvalue weighted by molar-refractivity contribution is 8.00. The second-order valence-electron chi connectivity index (χ2n) is 6.21. The zero-order chi connectivity index (χ0) is 18.5. The number of hydrogen-bond donors (Lipinski definition) is 0. The lowest BCUT2D eigenvalue weighted by atomic mass is 10.1. The molecule has 1 aromatic heterocycles. The average molecular weight is 366 g/mol. The molecule has 5 nitrogen and oxygen atoms in total. The van der Waals surface area contributed by atoms with Gasteiger partial charge < -0.3 is 4.90 Å². The van der Waals surface area contributed by atoms with Crippen LogP contribution in [0.5, 0.6) is 0 Å². The lowest BCUT2D eigenvalue weighted by molar-refractivity contribution is -0.128. The van der Waals surface area contributed by atoms with Crippen molar-refractivity contribution in [1.29, 1.82) is 0 Å². The molecule has 0 saturated heterocycles. The molecule has 3 rings (SSSR count). The summed E-state index contributed by atoms with van der Waals surface area (Å²) in [6.45, 7) is 4.10. The van der Waals surface area contributed by atoms with Crippen molar-refractivity contribution in [2.24, 2.45) is 0 Å². The minimum absolute atomic E-state index is 0.00548. The van der Waals surface area contributed by atoms with Crippen LogP contribution in [0.15, 0.2) is 66.1 Å². The van der Waals surface area contributed by atoms with Gasteiger partial charge >= 0.3 is 0 Å². The molecule has 0 N–H and O–H groups in total. The normalized spacial score (nSPS) is 12.0. The molecule has 2 aromatic carbocycles. The van der Waals surface area contributed by atoms with Gasteiger partial charge in [0.25, 0.3) is 0 Å². The van der Waals surface area contributed by atoms with Gasteiger partial charge in [0.1, 0.15) is 12.7 Å². The molecule has 0 aliphatic carbocycles. The molecule has 0 bridgehead atoms. The maximum atomic E-state index is 12.5. The van der Waals surface area contributed by atoms with Gasteiger partial charge in [-0.05, 0) is 43.7 Å². The van der Waals surface area contributed by atoms with Crippen LogP contribution in [0.2, 0.25) is 0 Å². The molecule has 0 spiro atoms. The van der Waals surface area contributed by atoms with E-state index in [0.717, 1.165) is 16.1 Å². The Morgan fingerprint density at radius 1 is 1.15 bits per heavy atom. The first-order valence-corrected chi connectivity index (χ1v) is 9.43. The summed E-state index contributed by atoms with van der Waals surface area (Å²) in [6, 6.07) is 16.3. The predicted octanol–water partition coefficient (Wildman–Crippen LogP) is 3.89. The van der Waals surface area contributed by atoms with Crippen molar-refractivity contribution in [3.05, 3.63) is 72.3 Å². The Labute approximate surface area is 158 Å². The van der Waals surface area contributed by atoms with E-state index in [2.05, 4.69) is 41.3 Å². The molecule has 0 saturated carbocycles. The summed E-state index contributed by atoms with van der Waals surface area (Å²) in [7, 11) is 1.86. The Kier molecular flexibility index (Phi) is 5.73. The fourth-order valence-electron chi connectivity index (χ4n) is 2.57. The van der Waals surface area contributed by atoms with E-state index in [1.54, 1.807) is 27.7 Å². The van der Waals surface area contributed by atoms with Gasteiger partial charge in [-0.1, -0.05) is 29.8 Å². The number of aromatic nitrogens is 3. The van der Waals surface area contributed by atoms with E-state index < -0.39 is 0 Å². The highest BCUT2D eigenvalue weighted by Crippen LogP contribution is 2.23. The fraction of sp³-hybridized carbons (Fsp3) is 0.250. The standard InChI is InChI=1S/C20H22N4OS/c1-15-4-10-19(11-5-15)26-12-20(25)23(3)16(2)17-6-8-18(9-7-17)24-14-21-13-22-24/h4-11,13-14,16H,12H2,1-3H3. The van der Waals surface area contributed by atoms with Crippen LogP contribution in [0.1, 0.15) is 24.1 Å². The van der Waals surface area contributed by atoms with Crippen molar-refractivity contribution >= 4 is 17.7 Å². The molecule has 134 valence electrons. The number of benzene rings is 2. The van der Waals surface area contributed by atoms with Crippen molar-refractivity contribution in [1.82, 2.24) is 19.7 Å². The third kappa shape index (κ3) is 4.32. The first-order chi connectivity index (χ1) is 12.5. The molecular weight excluding hydrogens is 344 g/mol. The van der Waals surface area contributed by atoms with Gasteiger partial charge in [0.2, 0.25) is 5.91 Å². The number of hydrogen-bond acceptors (Lipinski definition) is 4. The molecule has 6 heteroatoms. The Morgan fingerprint density at radius 2 is 1.85 bits per heavy atom. The molecule has 3 aromatic rings. The number of thioether (sulfide) groups is 1. The average Bonchev–Trinajstić information content (AvgIpc) is 3.21. The van der Waals surface area contributed by atoms with Gasteiger partial charge in [0, 0.05) is 11.9 Å². The largest absolute Gasteiger partial charge is 0.338 e. The number of nitrogens with zero attached hydrogens (tertiary/aromatic N) is 4. The van der Waals surface area contributed by atoms with Crippen LogP contribution in [-0.4, -0.2) is 38.4 Å². The zero-order valence-electron chi connectivity index (χ0n) is 15.2. The van der Waals surface area contributed by atoms with Crippen molar-refractivity contribution in [2.75, 3.05) is 12.8 Å². The predicted molar refractivity (Wildman–Crippen MR) is 104 cm³/mol. The SMILES string of the molecule is Cc1ccc(SCC(=O)N(C)C(C)c2ccc(-n3cncn3)cc2)cc1. The minimum atomic E-state index is 0.00548. The second-order valence-corrected chi connectivity index (χ2v) is 7.26. The van der Waals surface area contributed by atoms with Crippen LogP contribution in [0.4, 0.5) is 0 Å². The van der Waals surface area contributed by atoms with Crippen LogP contribution in [0, 0.1) is 6.92 Å². The molecule has 0 aliphatic rings. The minimum Gasteiger partial charge on any atom is -0.338 e. The van der Waals surface area contributed by atoms with Crippen LogP contribution >= 0.6 is 11.8 Å². The molecule has 1 atom stereocenters. The van der Waals surface area contributed by atoms with Gasteiger partial charge in [-0.3, -0.25) is 4.79 Å². The van der Waals surface area contributed by atoms with Crippen LogP contribution < -0.4 is 0 Å². The summed E-state index contributed by atoms with van der Waals surface area (Å²) in [5, 5.41) is 4.12. The van der Waals surface area contributed by atoms with Gasteiger partial charge in [-0.25, -0.2) is 9.67 Å². The molecule has 26 heavy (non-hydrogen) atoms. The maximum Gasteiger partial charge on any atom is 0.233 e. The zero-order valence-corrected chi connectivity index (χ0v) is 16.0. The molecule has 0 fully saturated rings. The highest BCUT2D eigenvalue weighted by atomic mass is 32.2. The summed E-state index contributed by atoms with van der Waals surface area (Å²) >= 11 is 1.57. The number of carbonyl (C=O) groups excluding carboxylic acids is 1. The van der Waals surface area contributed by atoms with E-state index in [9.17, 15) is 4.79 Å². The van der Waals surface area contributed by atoms with Gasteiger partial charge in [0.15, 0.2) is 0 Å². The summed E-state index contributed by atoms with van der Waals surface area (Å²) in [4.78, 5) is 19.4. The molecule has 1 heterocycles. The fourth-order valence-corrected chi connectivity index (χ4v) is 3.39. The van der Waals surface area contributed by atoms with Crippen LogP contribution in [0.3, 0.4) is 0 Å². The summed E-state index contributed by atoms with van der Waals surface area (Å²) in [6.07, 6.45) is 3.17. The van der Waals surface area contributed by atoms with E-state index in [0.29, 0.717) is 5.75 Å². The van der Waals surface area contributed by atoms with Crippen LogP contribution in [0.25, 0.3) is 5.69 Å². The monoisotopic (exact) mass is 366 g/mol. The number of rotatable bonds is 6. The van der Waals surface area contributed by atoms with Crippen molar-refractivity contribution < 1.29 is 4.79 Å². The van der Waals surface area contributed by atoms with E-state index >= 15 is 0 Å².